The van der Waals surface area contributed by atoms with Crippen molar-refractivity contribution in [3.8, 4) is 5.75 Å². The number of Topliss-reactive ketones (excluding diaryl/α,β-unsaturated/α-hetero) is 1. The molecule has 1 aliphatic rings. The molecule has 0 aliphatic carbocycles. The summed E-state index contributed by atoms with van der Waals surface area (Å²) in [5.74, 6) is -0.732. The Labute approximate surface area is 154 Å². The molecule has 0 bridgehead atoms. The molecule has 0 unspecified atom stereocenters. The van der Waals surface area contributed by atoms with E-state index in [2.05, 4.69) is 0 Å². The smallest absolute Gasteiger partial charge is 0.159 e. The molecule has 3 aromatic rings. The fourth-order valence-electron chi connectivity index (χ4n) is 2.86. The molecule has 0 saturated carbocycles. The summed E-state index contributed by atoms with van der Waals surface area (Å²) in [5.41, 5.74) is 2.77. The number of carbonyl (C=O) groups is 1. The molecule has 3 aromatic carbocycles. The molecular formula is C21H14FNO2S. The third kappa shape index (κ3) is 2.91. The lowest BCUT2D eigenvalue weighted by molar-refractivity contribution is 0.101. The molecule has 1 N–H and O–H groups in total. The average molecular weight is 363 g/mol. The number of hydrogen-bond donors (Lipinski definition) is 1. The Kier molecular flexibility index (Phi) is 4.09. The van der Waals surface area contributed by atoms with E-state index in [1.807, 2.05) is 30.3 Å². The van der Waals surface area contributed by atoms with Gasteiger partial charge in [0.15, 0.2) is 5.78 Å². The van der Waals surface area contributed by atoms with Crippen molar-refractivity contribution >= 4 is 28.9 Å². The van der Waals surface area contributed by atoms with E-state index in [0.717, 1.165) is 21.4 Å². The molecule has 0 aromatic heterocycles. The highest BCUT2D eigenvalue weighted by Crippen LogP contribution is 2.42. The molecule has 4 rings (SSSR count). The van der Waals surface area contributed by atoms with Crippen LogP contribution < -0.4 is 0 Å². The normalized spacial score (nSPS) is 12.6. The van der Waals surface area contributed by atoms with Gasteiger partial charge in [0.2, 0.25) is 0 Å². The van der Waals surface area contributed by atoms with Crippen molar-refractivity contribution in [2.75, 3.05) is 0 Å². The van der Waals surface area contributed by atoms with E-state index in [1.54, 1.807) is 12.1 Å². The van der Waals surface area contributed by atoms with Crippen LogP contribution in [0.15, 0.2) is 75.4 Å². The molecule has 0 fully saturated rings. The van der Waals surface area contributed by atoms with Crippen LogP contribution in [0.4, 0.5) is 10.1 Å². The first-order valence-electron chi connectivity index (χ1n) is 8.03. The van der Waals surface area contributed by atoms with E-state index < -0.39 is 5.82 Å². The van der Waals surface area contributed by atoms with E-state index in [4.69, 9.17) is 4.99 Å². The molecule has 5 heteroatoms. The third-order valence-electron chi connectivity index (χ3n) is 4.17. The minimum Gasteiger partial charge on any atom is -0.508 e. The molecule has 0 amide bonds. The first kappa shape index (κ1) is 16.5. The summed E-state index contributed by atoms with van der Waals surface area (Å²) >= 11 is 1.53. The van der Waals surface area contributed by atoms with Crippen molar-refractivity contribution < 1.29 is 14.3 Å². The predicted molar refractivity (Wildman–Crippen MR) is 100 cm³/mol. The van der Waals surface area contributed by atoms with Crippen molar-refractivity contribution in [2.24, 2.45) is 4.99 Å². The van der Waals surface area contributed by atoms with E-state index >= 15 is 0 Å². The molecular weight excluding hydrogens is 349 g/mol. The van der Waals surface area contributed by atoms with E-state index in [0.29, 0.717) is 22.5 Å². The maximum absolute atomic E-state index is 14.5. The minimum absolute atomic E-state index is 0.0490. The number of aromatic hydroxyl groups is 1. The number of halogens is 1. The lowest BCUT2D eigenvalue weighted by Crippen LogP contribution is -2.06. The number of ketones is 1. The minimum atomic E-state index is -0.547. The molecule has 3 nitrogen and oxygen atoms in total. The van der Waals surface area contributed by atoms with Gasteiger partial charge >= 0.3 is 0 Å². The Hall–Kier alpha value is -2.92. The predicted octanol–water partition coefficient (Wildman–Crippen LogP) is 5.37. The number of aliphatic imine (C=N–C) groups is 1. The van der Waals surface area contributed by atoms with Gasteiger partial charge in [0.1, 0.15) is 11.6 Å². The molecule has 1 aliphatic heterocycles. The summed E-state index contributed by atoms with van der Waals surface area (Å²) in [6.45, 7) is 1.50. The second-order valence-corrected chi connectivity index (χ2v) is 7.05. The quantitative estimate of drug-likeness (QED) is 0.487. The number of carbonyl (C=O) groups excluding carboxylic acids is 1. The Morgan fingerprint density at radius 1 is 1.00 bits per heavy atom. The summed E-state index contributed by atoms with van der Waals surface area (Å²) in [7, 11) is 0. The van der Waals surface area contributed by atoms with E-state index in [-0.39, 0.29) is 11.5 Å². The van der Waals surface area contributed by atoms with Crippen LogP contribution >= 0.6 is 11.8 Å². The molecule has 0 spiro atoms. The van der Waals surface area contributed by atoms with Gasteiger partial charge in [-0.1, -0.05) is 36.0 Å². The first-order chi connectivity index (χ1) is 12.5. The monoisotopic (exact) mass is 363 g/mol. The molecule has 1 heterocycles. The Morgan fingerprint density at radius 2 is 1.81 bits per heavy atom. The number of hydrogen-bond acceptors (Lipinski definition) is 4. The van der Waals surface area contributed by atoms with Crippen LogP contribution in [0.1, 0.15) is 28.4 Å². The lowest BCUT2D eigenvalue weighted by Gasteiger charge is -2.10. The number of phenolic OH excluding ortho intramolecular Hbond substituents is 1. The Morgan fingerprint density at radius 3 is 2.58 bits per heavy atom. The van der Waals surface area contributed by atoms with Crippen molar-refractivity contribution in [2.45, 2.75) is 16.7 Å². The first-order valence-corrected chi connectivity index (χ1v) is 8.84. The molecule has 0 saturated heterocycles. The van der Waals surface area contributed by atoms with Crippen molar-refractivity contribution in [1.82, 2.24) is 0 Å². The summed E-state index contributed by atoms with van der Waals surface area (Å²) in [6.07, 6.45) is 0. The van der Waals surface area contributed by atoms with Crippen molar-refractivity contribution in [1.29, 1.82) is 0 Å². The molecule has 26 heavy (non-hydrogen) atoms. The summed E-state index contributed by atoms with van der Waals surface area (Å²) in [4.78, 5) is 18.3. The SMILES string of the molecule is CC(=O)c1ccc2c(c1)N=C(c1ccc(O)cc1F)c1ccccc1S2. The highest BCUT2D eigenvalue weighted by molar-refractivity contribution is 7.99. The van der Waals surface area contributed by atoms with Gasteiger partial charge < -0.3 is 5.11 Å². The zero-order chi connectivity index (χ0) is 18.3. The van der Waals surface area contributed by atoms with Gasteiger partial charge in [-0.05, 0) is 37.3 Å². The topological polar surface area (TPSA) is 49.7 Å². The van der Waals surface area contributed by atoms with Crippen LogP contribution in [0, 0.1) is 5.82 Å². The maximum Gasteiger partial charge on any atom is 0.159 e. The zero-order valence-electron chi connectivity index (χ0n) is 13.9. The number of benzene rings is 3. The maximum atomic E-state index is 14.5. The van der Waals surface area contributed by atoms with Crippen LogP contribution in [-0.4, -0.2) is 16.6 Å². The molecule has 128 valence electrons. The average Bonchev–Trinajstić information content (AvgIpc) is 2.77. The number of nitrogens with zero attached hydrogens (tertiary/aromatic N) is 1. The highest BCUT2D eigenvalue weighted by atomic mass is 32.2. The van der Waals surface area contributed by atoms with Crippen molar-refractivity contribution in [3.63, 3.8) is 0 Å². The standard InChI is InChI=1S/C21H14FNO2S/c1-12(24)13-6-9-20-18(10-13)23-21(15-8-7-14(25)11-17(15)22)16-4-2-3-5-19(16)26-20/h2-11,25H,1H3. The Bertz CT molecular complexity index is 1080. The highest BCUT2D eigenvalue weighted by Gasteiger charge is 2.21. The van der Waals surface area contributed by atoms with Gasteiger partial charge in [-0.25, -0.2) is 9.38 Å². The van der Waals surface area contributed by atoms with Crippen molar-refractivity contribution in [3.05, 3.63) is 83.2 Å². The lowest BCUT2D eigenvalue weighted by atomic mass is 10.0. The Balaban J connectivity index is 2.00. The molecule has 0 atom stereocenters. The van der Waals surface area contributed by atoms with Gasteiger partial charge in [0.25, 0.3) is 0 Å². The third-order valence-corrected chi connectivity index (χ3v) is 5.31. The van der Waals surface area contributed by atoms with E-state index in [1.165, 1.54) is 30.8 Å². The van der Waals surface area contributed by atoms with Gasteiger partial charge in [-0.15, -0.1) is 0 Å². The number of phenols is 1. The number of fused-ring (bicyclic) bond motifs is 2. The van der Waals surface area contributed by atoms with Gasteiger partial charge in [-0.2, -0.15) is 0 Å². The summed E-state index contributed by atoms with van der Waals surface area (Å²) < 4.78 is 14.5. The fraction of sp³-hybridized carbons (Fsp3) is 0.0476. The fourth-order valence-corrected chi connectivity index (χ4v) is 3.87. The van der Waals surface area contributed by atoms with Gasteiger partial charge in [0, 0.05) is 32.5 Å². The van der Waals surface area contributed by atoms with Gasteiger partial charge in [0.05, 0.1) is 11.4 Å². The van der Waals surface area contributed by atoms with Crippen LogP contribution in [0.3, 0.4) is 0 Å². The van der Waals surface area contributed by atoms with Crippen LogP contribution in [-0.2, 0) is 0 Å². The molecule has 0 radical (unpaired) electrons. The summed E-state index contributed by atoms with van der Waals surface area (Å²) in [6, 6.07) is 17.1. The largest absolute Gasteiger partial charge is 0.508 e. The second-order valence-electron chi connectivity index (χ2n) is 5.96. The number of rotatable bonds is 2. The van der Waals surface area contributed by atoms with Crippen LogP contribution in [0.5, 0.6) is 5.75 Å². The zero-order valence-corrected chi connectivity index (χ0v) is 14.7. The summed E-state index contributed by atoms with van der Waals surface area (Å²) in [5, 5.41) is 9.52. The van der Waals surface area contributed by atoms with Crippen LogP contribution in [0.25, 0.3) is 0 Å². The van der Waals surface area contributed by atoms with Gasteiger partial charge in [-0.3, -0.25) is 4.79 Å². The van der Waals surface area contributed by atoms with E-state index in [9.17, 15) is 14.3 Å². The van der Waals surface area contributed by atoms with Crippen LogP contribution in [0.2, 0.25) is 0 Å². The second kappa shape index (κ2) is 6.42.